The molecule has 2 N–H and O–H groups in total. The van der Waals surface area contributed by atoms with Crippen molar-refractivity contribution < 1.29 is 9.90 Å². The molecule has 0 bridgehead atoms. The van der Waals surface area contributed by atoms with Gasteiger partial charge in [0.2, 0.25) is 0 Å². The lowest BCUT2D eigenvalue weighted by atomic mass is 10.1. The van der Waals surface area contributed by atoms with Gasteiger partial charge in [0.25, 0.3) is 0 Å². The molecule has 3 nitrogen and oxygen atoms in total. The van der Waals surface area contributed by atoms with E-state index in [-0.39, 0.29) is 0 Å². The van der Waals surface area contributed by atoms with Gasteiger partial charge < -0.3 is 10.4 Å². The van der Waals surface area contributed by atoms with Crippen LogP contribution < -0.4 is 5.32 Å². The number of carboxylic acids is 1. The molecule has 1 aromatic heterocycles. The zero-order chi connectivity index (χ0) is 12.3. The fraction of sp³-hybridized carbons (Fsp3) is 0.154. The van der Waals surface area contributed by atoms with E-state index in [0.29, 0.717) is 17.8 Å². The third-order valence-electron chi connectivity index (χ3n) is 2.59. The van der Waals surface area contributed by atoms with Gasteiger partial charge in [0.05, 0.1) is 5.56 Å². The van der Waals surface area contributed by atoms with Gasteiger partial charge in [-0.3, -0.25) is 0 Å². The molecule has 0 saturated carbocycles. The second kappa shape index (κ2) is 5.01. The van der Waals surface area contributed by atoms with Crippen LogP contribution in [0, 0.1) is 6.92 Å². The molecule has 0 fully saturated rings. The van der Waals surface area contributed by atoms with Gasteiger partial charge in [0.15, 0.2) is 0 Å². The molecule has 4 heteroatoms. The van der Waals surface area contributed by atoms with Crippen LogP contribution in [-0.2, 0) is 6.54 Å². The lowest BCUT2D eigenvalue weighted by Gasteiger charge is -2.09. The number of nitrogens with one attached hydrogen (secondary N) is 1. The van der Waals surface area contributed by atoms with Gasteiger partial charge in [-0.05, 0) is 40.9 Å². The first-order chi connectivity index (χ1) is 8.18. The fourth-order valence-electron chi connectivity index (χ4n) is 1.58. The molecular formula is C13H13NO2S. The number of carbonyl (C=O) groups is 1. The van der Waals surface area contributed by atoms with Gasteiger partial charge in [0.1, 0.15) is 0 Å². The lowest BCUT2D eigenvalue weighted by molar-refractivity contribution is 0.0698. The molecule has 0 saturated heterocycles. The van der Waals surface area contributed by atoms with Crippen molar-refractivity contribution in [3.05, 3.63) is 51.7 Å². The molecule has 0 aliphatic heterocycles. The number of benzene rings is 1. The van der Waals surface area contributed by atoms with Crippen molar-refractivity contribution in [2.45, 2.75) is 13.5 Å². The molecule has 2 aromatic rings. The van der Waals surface area contributed by atoms with Crippen molar-refractivity contribution in [2.24, 2.45) is 0 Å². The van der Waals surface area contributed by atoms with Crippen LogP contribution in [0.15, 0.2) is 35.0 Å². The van der Waals surface area contributed by atoms with Crippen molar-refractivity contribution in [3.63, 3.8) is 0 Å². The van der Waals surface area contributed by atoms with Crippen LogP contribution >= 0.6 is 11.3 Å². The van der Waals surface area contributed by atoms with E-state index < -0.39 is 5.97 Å². The summed E-state index contributed by atoms with van der Waals surface area (Å²) >= 11 is 1.66. The molecule has 0 atom stereocenters. The summed E-state index contributed by atoms with van der Waals surface area (Å²) in [6.45, 7) is 2.70. The highest BCUT2D eigenvalue weighted by atomic mass is 32.1. The molecule has 0 unspecified atom stereocenters. The minimum absolute atomic E-state index is 0.306. The minimum Gasteiger partial charge on any atom is -0.478 e. The topological polar surface area (TPSA) is 49.3 Å². The van der Waals surface area contributed by atoms with E-state index in [0.717, 1.165) is 0 Å². The number of hydrogen-bond acceptors (Lipinski definition) is 3. The molecule has 0 spiro atoms. The second-order valence-corrected chi connectivity index (χ2v) is 4.53. The molecule has 1 aromatic carbocycles. The van der Waals surface area contributed by atoms with Crippen LogP contribution in [0.3, 0.4) is 0 Å². The smallest absolute Gasteiger partial charge is 0.337 e. The predicted octanol–water partition coefficient (Wildman–Crippen LogP) is 3.37. The third kappa shape index (κ3) is 2.65. The van der Waals surface area contributed by atoms with Gasteiger partial charge >= 0.3 is 5.97 Å². The zero-order valence-electron chi connectivity index (χ0n) is 9.43. The summed E-state index contributed by atoms with van der Waals surface area (Å²) in [5.41, 5.74) is 3.40. The van der Waals surface area contributed by atoms with Crippen molar-refractivity contribution in [1.29, 1.82) is 0 Å². The number of para-hydroxylation sites is 1. The molecule has 0 aliphatic carbocycles. The van der Waals surface area contributed by atoms with Crippen LogP contribution in [0.5, 0.6) is 0 Å². The Morgan fingerprint density at radius 2 is 2.12 bits per heavy atom. The molecule has 0 amide bonds. The van der Waals surface area contributed by atoms with Gasteiger partial charge in [0, 0.05) is 12.2 Å². The van der Waals surface area contributed by atoms with E-state index in [4.69, 9.17) is 5.11 Å². The van der Waals surface area contributed by atoms with E-state index in [9.17, 15) is 4.79 Å². The molecule has 2 rings (SSSR count). The number of aromatic carboxylic acids is 1. The fourth-order valence-corrected chi connectivity index (χ4v) is 2.44. The first kappa shape index (κ1) is 11.7. The Morgan fingerprint density at radius 1 is 1.35 bits per heavy atom. The van der Waals surface area contributed by atoms with E-state index in [1.165, 1.54) is 11.1 Å². The summed E-state index contributed by atoms with van der Waals surface area (Å²) in [7, 11) is 0. The minimum atomic E-state index is -0.907. The first-order valence-electron chi connectivity index (χ1n) is 5.26. The Kier molecular flexibility index (Phi) is 3.44. The van der Waals surface area contributed by atoms with Crippen LogP contribution in [0.1, 0.15) is 21.5 Å². The SMILES string of the molecule is Cc1cscc1CNc1ccccc1C(=O)O. The summed E-state index contributed by atoms with van der Waals surface area (Å²) in [6.07, 6.45) is 0. The quantitative estimate of drug-likeness (QED) is 0.871. The van der Waals surface area contributed by atoms with Crippen LogP contribution in [0.25, 0.3) is 0 Å². The Morgan fingerprint density at radius 3 is 2.76 bits per heavy atom. The van der Waals surface area contributed by atoms with E-state index in [1.807, 2.05) is 6.07 Å². The zero-order valence-corrected chi connectivity index (χ0v) is 10.3. The third-order valence-corrected chi connectivity index (χ3v) is 3.50. The van der Waals surface area contributed by atoms with Gasteiger partial charge in [-0.2, -0.15) is 11.3 Å². The van der Waals surface area contributed by atoms with Gasteiger partial charge in [-0.1, -0.05) is 12.1 Å². The molecule has 0 radical (unpaired) electrons. The molecule has 0 aliphatic rings. The summed E-state index contributed by atoms with van der Waals surface area (Å²) in [4.78, 5) is 11.0. The highest BCUT2D eigenvalue weighted by Gasteiger charge is 2.08. The highest BCUT2D eigenvalue weighted by molar-refractivity contribution is 7.08. The lowest BCUT2D eigenvalue weighted by Crippen LogP contribution is -2.06. The van der Waals surface area contributed by atoms with Crippen molar-refractivity contribution >= 4 is 23.0 Å². The normalized spacial score (nSPS) is 10.2. The van der Waals surface area contributed by atoms with E-state index >= 15 is 0 Å². The van der Waals surface area contributed by atoms with Crippen LogP contribution in [0.2, 0.25) is 0 Å². The molecule has 1 heterocycles. The number of anilines is 1. The summed E-state index contributed by atoms with van der Waals surface area (Å²) in [6, 6.07) is 6.94. The number of hydrogen-bond donors (Lipinski definition) is 2. The van der Waals surface area contributed by atoms with Gasteiger partial charge in [-0.25, -0.2) is 4.79 Å². The number of thiophene rings is 1. The monoisotopic (exact) mass is 247 g/mol. The summed E-state index contributed by atoms with van der Waals surface area (Å²) in [5, 5.41) is 16.4. The Hall–Kier alpha value is -1.81. The maximum atomic E-state index is 11.0. The largest absolute Gasteiger partial charge is 0.478 e. The van der Waals surface area contributed by atoms with Crippen molar-refractivity contribution in [1.82, 2.24) is 0 Å². The standard InChI is InChI=1S/C13H13NO2S/c1-9-7-17-8-10(9)6-14-12-5-3-2-4-11(12)13(15)16/h2-5,7-8,14H,6H2,1H3,(H,15,16). The predicted molar refractivity (Wildman–Crippen MR) is 69.8 cm³/mol. The average Bonchev–Trinajstić information content (AvgIpc) is 2.72. The Labute approximate surface area is 104 Å². The van der Waals surface area contributed by atoms with Crippen molar-refractivity contribution in [3.8, 4) is 0 Å². The Balaban J connectivity index is 2.14. The molecular weight excluding hydrogens is 234 g/mol. The van der Waals surface area contributed by atoms with Crippen LogP contribution in [-0.4, -0.2) is 11.1 Å². The van der Waals surface area contributed by atoms with E-state index in [2.05, 4.69) is 23.0 Å². The number of carboxylic acid groups (broad SMARTS) is 1. The summed E-state index contributed by atoms with van der Waals surface area (Å²) in [5.74, 6) is -0.907. The molecule has 17 heavy (non-hydrogen) atoms. The van der Waals surface area contributed by atoms with Crippen LogP contribution in [0.4, 0.5) is 5.69 Å². The number of aryl methyl sites for hydroxylation is 1. The van der Waals surface area contributed by atoms with E-state index in [1.54, 1.807) is 29.5 Å². The second-order valence-electron chi connectivity index (χ2n) is 3.78. The average molecular weight is 247 g/mol. The maximum Gasteiger partial charge on any atom is 0.337 e. The van der Waals surface area contributed by atoms with Crippen molar-refractivity contribution in [2.75, 3.05) is 5.32 Å². The number of rotatable bonds is 4. The first-order valence-corrected chi connectivity index (χ1v) is 6.20. The summed E-state index contributed by atoms with van der Waals surface area (Å²) < 4.78 is 0. The van der Waals surface area contributed by atoms with Gasteiger partial charge in [-0.15, -0.1) is 0 Å². The maximum absolute atomic E-state index is 11.0. The highest BCUT2D eigenvalue weighted by Crippen LogP contribution is 2.19. The molecule has 88 valence electrons. The Bertz CT molecular complexity index is 534.